The Morgan fingerprint density at radius 1 is 1.20 bits per heavy atom. The van der Waals surface area contributed by atoms with E-state index in [0.717, 1.165) is 0 Å². The van der Waals surface area contributed by atoms with Crippen molar-refractivity contribution >= 4 is 13.1 Å². The first-order valence-corrected chi connectivity index (χ1v) is 7.75. The van der Waals surface area contributed by atoms with E-state index in [2.05, 4.69) is 5.16 Å². The summed E-state index contributed by atoms with van der Waals surface area (Å²) in [4.78, 5) is 0. The van der Waals surface area contributed by atoms with E-state index in [9.17, 15) is 8.96 Å². The summed E-state index contributed by atoms with van der Waals surface area (Å²) in [6.07, 6.45) is 0. The number of aromatic nitrogens is 1. The highest BCUT2D eigenvalue weighted by atomic mass is 31.2. The minimum Gasteiger partial charge on any atom is -0.348 e. The average Bonchev–Trinajstić information content (AvgIpc) is 2.90. The van der Waals surface area contributed by atoms with E-state index >= 15 is 0 Å². The molecule has 0 atom stereocenters. The molecule has 0 aliphatic rings. The van der Waals surface area contributed by atoms with Crippen LogP contribution < -0.4 is 5.50 Å². The molecule has 0 amide bonds. The lowest BCUT2D eigenvalue weighted by Crippen LogP contribution is -2.08. The first-order valence-electron chi connectivity index (χ1n) is 6.21. The fourth-order valence-electron chi connectivity index (χ4n) is 1.66. The molecular formula is C13H15FNO4P. The zero-order valence-electron chi connectivity index (χ0n) is 11.2. The van der Waals surface area contributed by atoms with Crippen LogP contribution in [0, 0.1) is 5.82 Å². The van der Waals surface area contributed by atoms with E-state index in [-0.39, 0.29) is 24.5 Å². The maximum atomic E-state index is 12.9. The van der Waals surface area contributed by atoms with Gasteiger partial charge >= 0.3 is 7.60 Å². The standard InChI is InChI=1S/C13H15FNO4P/c1-3-17-20(16,18-4-2)13-9-12(15-19-13)10-5-7-11(14)8-6-10/h5-9H,3-4H2,1-2H3. The Morgan fingerprint density at radius 2 is 1.80 bits per heavy atom. The summed E-state index contributed by atoms with van der Waals surface area (Å²) in [5.74, 6) is -0.341. The van der Waals surface area contributed by atoms with Crippen LogP contribution in [-0.4, -0.2) is 18.4 Å². The molecule has 0 N–H and O–H groups in total. The molecule has 5 nitrogen and oxygen atoms in total. The Hall–Kier alpha value is -1.49. The van der Waals surface area contributed by atoms with Gasteiger partial charge in [-0.1, -0.05) is 5.16 Å². The van der Waals surface area contributed by atoms with Gasteiger partial charge in [-0.3, -0.25) is 4.57 Å². The fourth-order valence-corrected chi connectivity index (χ4v) is 3.09. The smallest absolute Gasteiger partial charge is 0.348 e. The zero-order valence-corrected chi connectivity index (χ0v) is 12.1. The lowest BCUT2D eigenvalue weighted by Gasteiger charge is -2.12. The van der Waals surface area contributed by atoms with Crippen molar-refractivity contribution in [1.29, 1.82) is 0 Å². The van der Waals surface area contributed by atoms with Crippen molar-refractivity contribution in [3.63, 3.8) is 0 Å². The number of rotatable bonds is 6. The van der Waals surface area contributed by atoms with Gasteiger partial charge in [0.2, 0.25) is 5.50 Å². The Kier molecular flexibility index (Phi) is 4.70. The molecule has 0 aliphatic heterocycles. The molecule has 1 aromatic carbocycles. The average molecular weight is 299 g/mol. The molecule has 20 heavy (non-hydrogen) atoms. The second-order valence-electron chi connectivity index (χ2n) is 3.89. The highest BCUT2D eigenvalue weighted by Gasteiger charge is 2.32. The molecule has 0 aliphatic carbocycles. The number of nitrogens with zero attached hydrogens (tertiary/aromatic N) is 1. The van der Waals surface area contributed by atoms with Crippen molar-refractivity contribution in [2.75, 3.05) is 13.2 Å². The molecule has 7 heteroatoms. The van der Waals surface area contributed by atoms with Gasteiger partial charge in [0.15, 0.2) is 0 Å². The van der Waals surface area contributed by atoms with Crippen molar-refractivity contribution in [3.05, 3.63) is 36.1 Å². The van der Waals surface area contributed by atoms with Crippen molar-refractivity contribution in [2.24, 2.45) is 0 Å². The van der Waals surface area contributed by atoms with Crippen molar-refractivity contribution in [1.82, 2.24) is 5.16 Å². The van der Waals surface area contributed by atoms with Crippen LogP contribution in [-0.2, 0) is 13.6 Å². The molecule has 0 spiro atoms. The van der Waals surface area contributed by atoms with Crippen molar-refractivity contribution in [3.8, 4) is 11.3 Å². The van der Waals surface area contributed by atoms with Crippen LogP contribution >= 0.6 is 7.60 Å². The second-order valence-corrected chi connectivity index (χ2v) is 5.84. The third-order valence-corrected chi connectivity index (χ3v) is 4.45. The summed E-state index contributed by atoms with van der Waals surface area (Å²) in [6, 6.07) is 7.23. The monoisotopic (exact) mass is 299 g/mol. The van der Waals surface area contributed by atoms with Gasteiger partial charge in [0.25, 0.3) is 0 Å². The van der Waals surface area contributed by atoms with Crippen LogP contribution in [0.25, 0.3) is 11.3 Å². The molecular weight excluding hydrogens is 284 g/mol. The van der Waals surface area contributed by atoms with E-state index in [0.29, 0.717) is 11.3 Å². The molecule has 0 radical (unpaired) electrons. The Morgan fingerprint density at radius 3 is 2.35 bits per heavy atom. The predicted octanol–water partition coefficient (Wildman–Crippen LogP) is 3.37. The highest BCUT2D eigenvalue weighted by molar-refractivity contribution is 7.61. The fraction of sp³-hybridized carbons (Fsp3) is 0.308. The molecule has 0 unspecified atom stereocenters. The van der Waals surface area contributed by atoms with Gasteiger partial charge in [0, 0.05) is 11.6 Å². The van der Waals surface area contributed by atoms with Gasteiger partial charge < -0.3 is 13.6 Å². The summed E-state index contributed by atoms with van der Waals surface area (Å²) in [7, 11) is -3.48. The third-order valence-electron chi connectivity index (χ3n) is 2.51. The molecule has 1 aromatic heterocycles. The van der Waals surface area contributed by atoms with Crippen LogP contribution in [0.2, 0.25) is 0 Å². The number of hydrogen-bond donors (Lipinski definition) is 0. The molecule has 0 fully saturated rings. The lowest BCUT2D eigenvalue weighted by atomic mass is 10.1. The minimum atomic E-state index is -3.48. The quantitative estimate of drug-likeness (QED) is 0.765. The number of halogens is 1. The maximum Gasteiger partial charge on any atom is 0.399 e. The van der Waals surface area contributed by atoms with E-state index < -0.39 is 7.60 Å². The molecule has 0 saturated carbocycles. The van der Waals surface area contributed by atoms with Gasteiger partial charge in [0.05, 0.1) is 13.2 Å². The van der Waals surface area contributed by atoms with Gasteiger partial charge in [0.1, 0.15) is 11.5 Å². The summed E-state index contributed by atoms with van der Waals surface area (Å²) >= 11 is 0. The minimum absolute atomic E-state index is 0.0422. The van der Waals surface area contributed by atoms with Gasteiger partial charge in [-0.2, -0.15) is 0 Å². The Balaban J connectivity index is 2.31. The summed E-state index contributed by atoms with van der Waals surface area (Å²) in [5, 5.41) is 3.82. The molecule has 0 saturated heterocycles. The van der Waals surface area contributed by atoms with Crippen molar-refractivity contribution in [2.45, 2.75) is 13.8 Å². The Bertz CT molecular complexity index is 601. The highest BCUT2D eigenvalue weighted by Crippen LogP contribution is 2.47. The normalized spacial score (nSPS) is 11.8. The first kappa shape index (κ1) is 14.9. The van der Waals surface area contributed by atoms with E-state index in [4.69, 9.17) is 13.6 Å². The van der Waals surface area contributed by atoms with E-state index in [1.807, 2.05) is 0 Å². The van der Waals surface area contributed by atoms with Crippen LogP contribution in [0.15, 0.2) is 34.9 Å². The largest absolute Gasteiger partial charge is 0.399 e. The molecule has 2 rings (SSSR count). The van der Waals surface area contributed by atoms with E-state index in [1.165, 1.54) is 18.2 Å². The Labute approximate surface area is 116 Å². The van der Waals surface area contributed by atoms with Crippen LogP contribution in [0.5, 0.6) is 0 Å². The maximum absolute atomic E-state index is 12.9. The van der Waals surface area contributed by atoms with Crippen molar-refractivity contribution < 1.29 is 22.5 Å². The molecule has 2 aromatic rings. The second kappa shape index (κ2) is 6.31. The van der Waals surface area contributed by atoms with Gasteiger partial charge in [-0.25, -0.2) is 4.39 Å². The van der Waals surface area contributed by atoms with Crippen LogP contribution in [0.4, 0.5) is 4.39 Å². The van der Waals surface area contributed by atoms with Gasteiger partial charge in [-0.05, 0) is 38.1 Å². The van der Waals surface area contributed by atoms with Gasteiger partial charge in [-0.15, -0.1) is 0 Å². The van der Waals surface area contributed by atoms with Crippen LogP contribution in [0.1, 0.15) is 13.8 Å². The topological polar surface area (TPSA) is 61.6 Å². The predicted molar refractivity (Wildman–Crippen MR) is 72.4 cm³/mol. The SMILES string of the molecule is CCOP(=O)(OCC)c1cc(-c2ccc(F)cc2)no1. The molecule has 1 heterocycles. The first-order chi connectivity index (χ1) is 9.59. The lowest BCUT2D eigenvalue weighted by molar-refractivity contribution is 0.223. The van der Waals surface area contributed by atoms with E-state index in [1.54, 1.807) is 26.0 Å². The molecule has 108 valence electrons. The summed E-state index contributed by atoms with van der Waals surface area (Å²) in [6.45, 7) is 3.87. The number of benzene rings is 1. The summed E-state index contributed by atoms with van der Waals surface area (Å²) < 4.78 is 40.7. The summed E-state index contributed by atoms with van der Waals surface area (Å²) in [5.41, 5.74) is 1.14. The third kappa shape index (κ3) is 3.15. The van der Waals surface area contributed by atoms with Crippen LogP contribution in [0.3, 0.4) is 0 Å². The molecule has 0 bridgehead atoms. The number of hydrogen-bond acceptors (Lipinski definition) is 5. The zero-order chi connectivity index (χ0) is 14.6.